The van der Waals surface area contributed by atoms with Gasteiger partial charge in [0.2, 0.25) is 0 Å². The SMILES string of the molecule is CCCCCc1ncncn1.Oc1cccc(O)c1.Oc1cccc(O)c1. The quantitative estimate of drug-likeness (QED) is 0.515. The Morgan fingerprint density at radius 2 is 1.15 bits per heavy atom. The Hall–Kier alpha value is -3.35. The number of phenolic OH excluding ortho intramolecular Hbond substituents is 4. The van der Waals surface area contributed by atoms with Gasteiger partial charge >= 0.3 is 0 Å². The lowest BCUT2D eigenvalue weighted by atomic mass is 10.2. The lowest BCUT2D eigenvalue weighted by Crippen LogP contribution is -1.94. The van der Waals surface area contributed by atoms with Crippen molar-refractivity contribution in [2.75, 3.05) is 0 Å². The van der Waals surface area contributed by atoms with E-state index < -0.39 is 0 Å². The third kappa shape index (κ3) is 11.0. The molecule has 0 aliphatic carbocycles. The molecule has 1 aromatic heterocycles. The van der Waals surface area contributed by atoms with Gasteiger partial charge in [-0.3, -0.25) is 0 Å². The molecule has 2 aromatic carbocycles. The van der Waals surface area contributed by atoms with E-state index in [0.717, 1.165) is 12.2 Å². The van der Waals surface area contributed by atoms with Crippen LogP contribution in [0.25, 0.3) is 0 Å². The molecule has 7 heteroatoms. The van der Waals surface area contributed by atoms with Crippen LogP contribution in [0.3, 0.4) is 0 Å². The van der Waals surface area contributed by atoms with Crippen molar-refractivity contribution in [3.8, 4) is 23.0 Å². The zero-order chi connectivity index (χ0) is 19.9. The standard InChI is InChI=1S/C8H13N3.2C6H6O2/c1-2-3-4-5-8-10-6-9-7-11-8;2*7-5-2-1-3-6(8)4-5/h6-7H,2-5H2,1H3;2*1-4,7-8H. The van der Waals surface area contributed by atoms with Crippen molar-refractivity contribution in [3.63, 3.8) is 0 Å². The van der Waals surface area contributed by atoms with Gasteiger partial charge in [-0.05, 0) is 30.7 Å². The number of hydrogen-bond acceptors (Lipinski definition) is 7. The number of rotatable bonds is 4. The Balaban J connectivity index is 0.000000206. The lowest BCUT2D eigenvalue weighted by molar-refractivity contribution is 0.449. The van der Waals surface area contributed by atoms with E-state index in [1.165, 1.54) is 55.7 Å². The highest BCUT2D eigenvalue weighted by atomic mass is 16.3. The van der Waals surface area contributed by atoms with Crippen LogP contribution in [0.5, 0.6) is 23.0 Å². The summed E-state index contributed by atoms with van der Waals surface area (Å²) in [6, 6.07) is 11.7. The summed E-state index contributed by atoms with van der Waals surface area (Å²) in [6.45, 7) is 2.19. The molecular formula is C20H25N3O4. The first-order chi connectivity index (χ1) is 13.0. The Kier molecular flexibility index (Phi) is 10.4. The van der Waals surface area contributed by atoms with Gasteiger partial charge in [0.05, 0.1) is 0 Å². The van der Waals surface area contributed by atoms with Gasteiger partial charge in [0.15, 0.2) is 0 Å². The number of phenols is 4. The molecule has 0 aliphatic heterocycles. The predicted molar refractivity (Wildman–Crippen MR) is 103 cm³/mol. The molecule has 0 amide bonds. The first-order valence-electron chi connectivity index (χ1n) is 8.58. The number of aryl methyl sites for hydroxylation is 1. The molecule has 4 N–H and O–H groups in total. The molecule has 0 spiro atoms. The van der Waals surface area contributed by atoms with Crippen LogP contribution in [0, 0.1) is 0 Å². The molecule has 0 saturated heterocycles. The van der Waals surface area contributed by atoms with Crippen LogP contribution in [0.2, 0.25) is 0 Å². The molecule has 7 nitrogen and oxygen atoms in total. The summed E-state index contributed by atoms with van der Waals surface area (Å²) in [7, 11) is 0. The van der Waals surface area contributed by atoms with E-state index in [1.54, 1.807) is 24.8 Å². The van der Waals surface area contributed by atoms with E-state index in [-0.39, 0.29) is 23.0 Å². The molecule has 144 valence electrons. The monoisotopic (exact) mass is 371 g/mol. The topological polar surface area (TPSA) is 120 Å². The highest BCUT2D eigenvalue weighted by Gasteiger charge is 1.92. The fraction of sp³-hybridized carbons (Fsp3) is 0.250. The average molecular weight is 371 g/mol. The molecule has 3 aromatic rings. The molecule has 3 rings (SSSR count). The van der Waals surface area contributed by atoms with Gasteiger partial charge in [0.1, 0.15) is 41.5 Å². The van der Waals surface area contributed by atoms with Gasteiger partial charge in [0, 0.05) is 18.6 Å². The average Bonchev–Trinajstić information content (AvgIpc) is 2.64. The Morgan fingerprint density at radius 1 is 0.704 bits per heavy atom. The van der Waals surface area contributed by atoms with Gasteiger partial charge in [0.25, 0.3) is 0 Å². The Labute approximate surface area is 158 Å². The predicted octanol–water partition coefficient (Wildman–Crippen LogP) is 3.80. The van der Waals surface area contributed by atoms with Crippen molar-refractivity contribution in [2.45, 2.75) is 32.6 Å². The maximum atomic E-state index is 8.65. The van der Waals surface area contributed by atoms with Crippen molar-refractivity contribution in [1.29, 1.82) is 0 Å². The van der Waals surface area contributed by atoms with Crippen LogP contribution in [-0.2, 0) is 6.42 Å². The Morgan fingerprint density at radius 3 is 1.48 bits per heavy atom. The largest absolute Gasteiger partial charge is 0.508 e. The van der Waals surface area contributed by atoms with Crippen molar-refractivity contribution in [1.82, 2.24) is 15.0 Å². The van der Waals surface area contributed by atoms with Crippen LogP contribution in [0.15, 0.2) is 61.2 Å². The molecule has 0 bridgehead atoms. The van der Waals surface area contributed by atoms with Crippen molar-refractivity contribution >= 4 is 0 Å². The summed E-state index contributed by atoms with van der Waals surface area (Å²) in [5.74, 6) is 1.26. The molecule has 0 radical (unpaired) electrons. The third-order valence-electron chi connectivity index (χ3n) is 3.21. The van der Waals surface area contributed by atoms with E-state index in [1.807, 2.05) is 0 Å². The van der Waals surface area contributed by atoms with Gasteiger partial charge in [-0.25, -0.2) is 15.0 Å². The molecular weight excluding hydrogens is 346 g/mol. The van der Waals surface area contributed by atoms with E-state index in [4.69, 9.17) is 20.4 Å². The molecule has 0 atom stereocenters. The van der Waals surface area contributed by atoms with Gasteiger partial charge in [-0.1, -0.05) is 31.9 Å². The fourth-order valence-corrected chi connectivity index (χ4v) is 1.91. The van der Waals surface area contributed by atoms with Gasteiger partial charge < -0.3 is 20.4 Å². The summed E-state index contributed by atoms with van der Waals surface area (Å²) in [5, 5.41) is 34.6. The minimum absolute atomic E-state index is 0.0880. The molecule has 0 unspecified atom stereocenters. The smallest absolute Gasteiger partial charge is 0.131 e. The Bertz CT molecular complexity index is 692. The normalized spacial score (nSPS) is 9.37. The number of unbranched alkanes of at least 4 members (excludes halogenated alkanes) is 2. The minimum Gasteiger partial charge on any atom is -0.508 e. The number of aromatic hydroxyl groups is 4. The molecule has 0 fully saturated rings. The first kappa shape index (κ1) is 21.7. The van der Waals surface area contributed by atoms with Gasteiger partial charge in [-0.15, -0.1) is 0 Å². The second-order valence-corrected chi connectivity index (χ2v) is 5.55. The second kappa shape index (κ2) is 12.9. The molecule has 1 heterocycles. The van der Waals surface area contributed by atoms with Crippen LogP contribution < -0.4 is 0 Å². The summed E-state index contributed by atoms with van der Waals surface area (Å²) in [4.78, 5) is 11.8. The first-order valence-corrected chi connectivity index (χ1v) is 8.58. The zero-order valence-corrected chi connectivity index (χ0v) is 15.2. The maximum absolute atomic E-state index is 8.65. The van der Waals surface area contributed by atoms with Gasteiger partial charge in [-0.2, -0.15) is 0 Å². The second-order valence-electron chi connectivity index (χ2n) is 5.55. The number of aromatic nitrogens is 3. The molecule has 27 heavy (non-hydrogen) atoms. The van der Waals surface area contributed by atoms with Crippen LogP contribution in [0.4, 0.5) is 0 Å². The lowest BCUT2D eigenvalue weighted by Gasteiger charge is -1.95. The summed E-state index contributed by atoms with van der Waals surface area (Å²) < 4.78 is 0. The number of hydrogen-bond donors (Lipinski definition) is 4. The van der Waals surface area contributed by atoms with Crippen molar-refractivity contribution in [2.24, 2.45) is 0 Å². The van der Waals surface area contributed by atoms with E-state index in [2.05, 4.69) is 21.9 Å². The van der Waals surface area contributed by atoms with E-state index in [0.29, 0.717) is 0 Å². The third-order valence-corrected chi connectivity index (χ3v) is 3.21. The number of nitrogens with zero attached hydrogens (tertiary/aromatic N) is 3. The minimum atomic E-state index is 0.0880. The summed E-state index contributed by atoms with van der Waals surface area (Å²) in [6.07, 6.45) is 7.76. The highest BCUT2D eigenvalue weighted by Crippen LogP contribution is 2.15. The van der Waals surface area contributed by atoms with Crippen LogP contribution in [0.1, 0.15) is 32.0 Å². The zero-order valence-electron chi connectivity index (χ0n) is 15.2. The van der Waals surface area contributed by atoms with E-state index in [9.17, 15) is 0 Å². The van der Waals surface area contributed by atoms with Crippen LogP contribution >= 0.6 is 0 Å². The van der Waals surface area contributed by atoms with Crippen molar-refractivity contribution in [3.05, 3.63) is 67.0 Å². The molecule has 0 aliphatic rings. The maximum Gasteiger partial charge on any atom is 0.131 e. The fourth-order valence-electron chi connectivity index (χ4n) is 1.91. The molecule has 0 saturated carbocycles. The van der Waals surface area contributed by atoms with E-state index >= 15 is 0 Å². The van der Waals surface area contributed by atoms with Crippen molar-refractivity contribution < 1.29 is 20.4 Å². The summed E-state index contributed by atoms with van der Waals surface area (Å²) >= 11 is 0. The summed E-state index contributed by atoms with van der Waals surface area (Å²) in [5.41, 5.74) is 0. The number of benzene rings is 2. The highest BCUT2D eigenvalue weighted by molar-refractivity contribution is 5.30. The van der Waals surface area contributed by atoms with Crippen LogP contribution in [-0.4, -0.2) is 35.4 Å².